The first-order chi connectivity index (χ1) is 8.54. The second-order valence-corrected chi connectivity index (χ2v) is 4.11. The van der Waals surface area contributed by atoms with Crippen LogP contribution < -0.4 is 10.2 Å². The van der Waals surface area contributed by atoms with Gasteiger partial charge in [-0.25, -0.2) is 0 Å². The van der Waals surface area contributed by atoms with Gasteiger partial charge in [0.2, 0.25) is 11.8 Å². The standard InChI is InChI=1S/C13H15ClN2O2/c1-3-7-15-13(18)9-16(10(2)17)12-6-4-5-11(14)8-12/h3-6,8H,1,7,9H2,2H3,(H,15,18). The van der Waals surface area contributed by atoms with E-state index in [0.717, 1.165) is 0 Å². The Morgan fingerprint density at radius 3 is 2.78 bits per heavy atom. The van der Waals surface area contributed by atoms with Crippen LogP contribution in [0.5, 0.6) is 0 Å². The molecule has 0 radical (unpaired) electrons. The maximum absolute atomic E-state index is 11.6. The number of benzene rings is 1. The number of anilines is 1. The molecule has 1 aromatic carbocycles. The lowest BCUT2D eigenvalue weighted by Crippen LogP contribution is -2.39. The first kappa shape index (κ1) is 14.3. The van der Waals surface area contributed by atoms with Gasteiger partial charge in [0, 0.05) is 24.2 Å². The van der Waals surface area contributed by atoms with Gasteiger partial charge in [0.1, 0.15) is 6.54 Å². The fraction of sp³-hybridized carbons (Fsp3) is 0.231. The molecule has 0 saturated heterocycles. The summed E-state index contributed by atoms with van der Waals surface area (Å²) in [5.74, 6) is -0.462. The second kappa shape index (κ2) is 6.81. The maximum Gasteiger partial charge on any atom is 0.240 e. The lowest BCUT2D eigenvalue weighted by atomic mass is 10.2. The molecule has 0 aliphatic heterocycles. The van der Waals surface area contributed by atoms with E-state index in [9.17, 15) is 9.59 Å². The zero-order valence-electron chi connectivity index (χ0n) is 10.1. The van der Waals surface area contributed by atoms with E-state index in [-0.39, 0.29) is 18.4 Å². The Balaban J connectivity index is 2.80. The average Bonchev–Trinajstić information content (AvgIpc) is 2.33. The van der Waals surface area contributed by atoms with Crippen LogP contribution >= 0.6 is 11.6 Å². The lowest BCUT2D eigenvalue weighted by Gasteiger charge is -2.20. The molecule has 1 N–H and O–H groups in total. The minimum atomic E-state index is -0.245. The van der Waals surface area contributed by atoms with Crippen LogP contribution in [0.1, 0.15) is 6.92 Å². The third-order valence-corrected chi connectivity index (χ3v) is 2.48. The topological polar surface area (TPSA) is 49.4 Å². The van der Waals surface area contributed by atoms with Crippen LogP contribution in [-0.2, 0) is 9.59 Å². The van der Waals surface area contributed by atoms with Gasteiger partial charge in [0.05, 0.1) is 0 Å². The molecule has 0 aliphatic rings. The van der Waals surface area contributed by atoms with E-state index < -0.39 is 0 Å². The largest absolute Gasteiger partial charge is 0.351 e. The van der Waals surface area contributed by atoms with Crippen LogP contribution in [0, 0.1) is 0 Å². The summed E-state index contributed by atoms with van der Waals surface area (Å²) in [5, 5.41) is 3.14. The Kier molecular flexibility index (Phi) is 5.39. The van der Waals surface area contributed by atoms with Gasteiger partial charge in [0.15, 0.2) is 0 Å². The molecule has 0 aromatic heterocycles. The van der Waals surface area contributed by atoms with Crippen molar-refractivity contribution >= 4 is 29.1 Å². The van der Waals surface area contributed by atoms with E-state index in [2.05, 4.69) is 11.9 Å². The number of amides is 2. The number of hydrogen-bond donors (Lipinski definition) is 1. The summed E-state index contributed by atoms with van der Waals surface area (Å²) in [5.41, 5.74) is 0.601. The molecular weight excluding hydrogens is 252 g/mol. The highest BCUT2D eigenvalue weighted by Gasteiger charge is 2.15. The highest BCUT2D eigenvalue weighted by atomic mass is 35.5. The Morgan fingerprint density at radius 2 is 2.22 bits per heavy atom. The zero-order chi connectivity index (χ0) is 13.5. The van der Waals surface area contributed by atoms with Crippen molar-refractivity contribution in [2.24, 2.45) is 0 Å². The third-order valence-electron chi connectivity index (χ3n) is 2.25. The SMILES string of the molecule is C=CCNC(=O)CN(C(C)=O)c1cccc(Cl)c1. The number of carbonyl (C=O) groups is 2. The predicted molar refractivity (Wildman–Crippen MR) is 72.7 cm³/mol. The van der Waals surface area contributed by atoms with E-state index in [1.54, 1.807) is 30.3 Å². The molecule has 0 aliphatic carbocycles. The van der Waals surface area contributed by atoms with Gasteiger partial charge in [-0.2, -0.15) is 0 Å². The van der Waals surface area contributed by atoms with Crippen molar-refractivity contribution in [1.29, 1.82) is 0 Å². The monoisotopic (exact) mass is 266 g/mol. The van der Waals surface area contributed by atoms with Crippen molar-refractivity contribution in [3.8, 4) is 0 Å². The van der Waals surface area contributed by atoms with Gasteiger partial charge in [-0.1, -0.05) is 23.7 Å². The highest BCUT2D eigenvalue weighted by molar-refractivity contribution is 6.30. The Labute approximate surface area is 111 Å². The van der Waals surface area contributed by atoms with Crippen molar-refractivity contribution < 1.29 is 9.59 Å². The van der Waals surface area contributed by atoms with Crippen molar-refractivity contribution in [3.05, 3.63) is 41.9 Å². The molecule has 18 heavy (non-hydrogen) atoms. The Bertz CT molecular complexity index is 460. The first-order valence-corrected chi connectivity index (χ1v) is 5.83. The highest BCUT2D eigenvalue weighted by Crippen LogP contribution is 2.19. The number of hydrogen-bond acceptors (Lipinski definition) is 2. The number of halogens is 1. The molecule has 2 amide bonds. The summed E-state index contributed by atoms with van der Waals surface area (Å²) >= 11 is 5.86. The molecule has 0 heterocycles. The Morgan fingerprint density at radius 1 is 1.50 bits per heavy atom. The van der Waals surface area contributed by atoms with Crippen LogP contribution in [0.4, 0.5) is 5.69 Å². The smallest absolute Gasteiger partial charge is 0.240 e. The van der Waals surface area contributed by atoms with E-state index in [1.807, 2.05) is 0 Å². The molecule has 4 nitrogen and oxygen atoms in total. The molecule has 0 saturated carbocycles. The number of carbonyl (C=O) groups excluding carboxylic acids is 2. The minimum Gasteiger partial charge on any atom is -0.351 e. The van der Waals surface area contributed by atoms with Crippen molar-refractivity contribution in [2.75, 3.05) is 18.0 Å². The predicted octanol–water partition coefficient (Wildman–Crippen LogP) is 2.00. The van der Waals surface area contributed by atoms with Gasteiger partial charge in [-0.3, -0.25) is 9.59 Å². The molecule has 0 spiro atoms. The van der Waals surface area contributed by atoms with Gasteiger partial charge in [-0.15, -0.1) is 6.58 Å². The maximum atomic E-state index is 11.6. The van der Waals surface area contributed by atoms with Crippen LogP contribution in [0.15, 0.2) is 36.9 Å². The molecule has 96 valence electrons. The summed E-state index contributed by atoms with van der Waals surface area (Å²) in [6.45, 7) is 5.25. The van der Waals surface area contributed by atoms with Crippen LogP contribution in [-0.4, -0.2) is 24.9 Å². The van der Waals surface area contributed by atoms with Crippen molar-refractivity contribution in [3.63, 3.8) is 0 Å². The number of rotatable bonds is 5. The fourth-order valence-electron chi connectivity index (χ4n) is 1.41. The minimum absolute atomic E-state index is 0.0382. The Hall–Kier alpha value is -1.81. The zero-order valence-corrected chi connectivity index (χ0v) is 10.9. The molecular formula is C13H15ClN2O2. The van der Waals surface area contributed by atoms with Crippen LogP contribution in [0.2, 0.25) is 5.02 Å². The molecule has 1 aromatic rings. The van der Waals surface area contributed by atoms with E-state index in [4.69, 9.17) is 11.6 Å². The third kappa shape index (κ3) is 4.22. The molecule has 1 rings (SSSR count). The normalized spacial score (nSPS) is 9.67. The van der Waals surface area contributed by atoms with E-state index >= 15 is 0 Å². The fourth-order valence-corrected chi connectivity index (χ4v) is 1.60. The van der Waals surface area contributed by atoms with Crippen LogP contribution in [0.3, 0.4) is 0 Å². The summed E-state index contributed by atoms with van der Waals surface area (Å²) in [4.78, 5) is 24.5. The molecule has 0 bridgehead atoms. The molecule has 5 heteroatoms. The lowest BCUT2D eigenvalue weighted by molar-refractivity contribution is -0.122. The quantitative estimate of drug-likeness (QED) is 0.829. The summed E-state index contributed by atoms with van der Waals surface area (Å²) in [7, 11) is 0. The van der Waals surface area contributed by atoms with E-state index in [0.29, 0.717) is 17.3 Å². The van der Waals surface area contributed by atoms with Crippen molar-refractivity contribution in [1.82, 2.24) is 5.32 Å². The van der Waals surface area contributed by atoms with Crippen molar-refractivity contribution in [2.45, 2.75) is 6.92 Å². The number of nitrogens with one attached hydrogen (secondary N) is 1. The average molecular weight is 267 g/mol. The summed E-state index contributed by atoms with van der Waals surface area (Å²) in [6, 6.07) is 6.81. The van der Waals surface area contributed by atoms with Gasteiger partial charge < -0.3 is 10.2 Å². The van der Waals surface area contributed by atoms with Crippen LogP contribution in [0.25, 0.3) is 0 Å². The molecule has 0 fully saturated rings. The molecule has 0 unspecified atom stereocenters. The van der Waals surface area contributed by atoms with Gasteiger partial charge in [-0.05, 0) is 18.2 Å². The molecule has 0 atom stereocenters. The van der Waals surface area contributed by atoms with E-state index in [1.165, 1.54) is 11.8 Å². The number of nitrogens with zero attached hydrogens (tertiary/aromatic N) is 1. The summed E-state index contributed by atoms with van der Waals surface area (Å²) in [6.07, 6.45) is 1.58. The second-order valence-electron chi connectivity index (χ2n) is 3.68. The van der Waals surface area contributed by atoms with Gasteiger partial charge >= 0.3 is 0 Å². The van der Waals surface area contributed by atoms with Gasteiger partial charge in [0.25, 0.3) is 0 Å². The summed E-state index contributed by atoms with van der Waals surface area (Å²) < 4.78 is 0. The first-order valence-electron chi connectivity index (χ1n) is 5.46.